The van der Waals surface area contributed by atoms with Gasteiger partial charge in [0.05, 0.1) is 18.0 Å². The number of benzene rings is 3. The molecule has 2 N–H and O–H groups in total. The van der Waals surface area contributed by atoms with Crippen molar-refractivity contribution in [3.05, 3.63) is 84.4 Å². The number of sulfonamides is 1. The van der Waals surface area contributed by atoms with E-state index in [1.807, 2.05) is 19.1 Å². The van der Waals surface area contributed by atoms with Gasteiger partial charge in [0.15, 0.2) is 11.5 Å². The monoisotopic (exact) mass is 440 g/mol. The van der Waals surface area contributed by atoms with Crippen LogP contribution in [0.25, 0.3) is 0 Å². The minimum Gasteiger partial charge on any atom is -0.493 e. The lowest BCUT2D eigenvalue weighted by Crippen LogP contribution is -2.36. The molecule has 0 bridgehead atoms. The van der Waals surface area contributed by atoms with Gasteiger partial charge in [0, 0.05) is 11.3 Å². The van der Waals surface area contributed by atoms with Gasteiger partial charge in [0.1, 0.15) is 6.61 Å². The number of ether oxygens (including phenoxy) is 2. The first kappa shape index (κ1) is 22.2. The molecule has 0 aliphatic carbocycles. The van der Waals surface area contributed by atoms with Crippen LogP contribution in [0.3, 0.4) is 0 Å². The number of anilines is 1. The molecular weight excluding hydrogens is 416 g/mol. The van der Waals surface area contributed by atoms with Gasteiger partial charge < -0.3 is 14.8 Å². The number of carbonyl (C=O) groups excluding carboxylic acids is 1. The topological polar surface area (TPSA) is 93.7 Å². The Balaban J connectivity index is 1.56. The van der Waals surface area contributed by atoms with E-state index >= 15 is 0 Å². The molecular formula is C23H24N2O5S. The first-order valence-electron chi connectivity index (χ1n) is 9.63. The minimum atomic E-state index is -3.68. The molecule has 0 saturated carbocycles. The highest BCUT2D eigenvalue weighted by atomic mass is 32.2. The normalized spacial score (nSPS) is 11.9. The maximum absolute atomic E-state index is 12.5. The predicted molar refractivity (Wildman–Crippen MR) is 119 cm³/mol. The highest BCUT2D eigenvalue weighted by molar-refractivity contribution is 7.92. The van der Waals surface area contributed by atoms with Crippen LogP contribution in [0.15, 0.2) is 83.8 Å². The van der Waals surface area contributed by atoms with Gasteiger partial charge in [0.2, 0.25) is 0 Å². The summed E-state index contributed by atoms with van der Waals surface area (Å²) >= 11 is 0. The molecule has 7 nitrogen and oxygen atoms in total. The highest BCUT2D eigenvalue weighted by Crippen LogP contribution is 2.25. The molecule has 0 radical (unpaired) electrons. The lowest BCUT2D eigenvalue weighted by Gasteiger charge is -2.16. The number of hydrogen-bond acceptors (Lipinski definition) is 5. The molecule has 3 aromatic rings. The smallest absolute Gasteiger partial charge is 0.261 e. The number of nitrogens with one attached hydrogen (secondary N) is 2. The zero-order valence-corrected chi connectivity index (χ0v) is 18.1. The maximum Gasteiger partial charge on any atom is 0.261 e. The van der Waals surface area contributed by atoms with Gasteiger partial charge >= 0.3 is 0 Å². The zero-order valence-electron chi connectivity index (χ0n) is 17.2. The van der Waals surface area contributed by atoms with Gasteiger partial charge in [-0.25, -0.2) is 8.42 Å². The molecule has 0 saturated heterocycles. The van der Waals surface area contributed by atoms with E-state index in [1.54, 1.807) is 61.7 Å². The number of para-hydroxylation sites is 2. The van der Waals surface area contributed by atoms with Crippen LogP contribution < -0.4 is 19.5 Å². The third kappa shape index (κ3) is 5.99. The van der Waals surface area contributed by atoms with E-state index in [2.05, 4.69) is 10.0 Å². The fourth-order valence-corrected chi connectivity index (χ4v) is 3.88. The molecule has 0 unspecified atom stereocenters. The van der Waals surface area contributed by atoms with Crippen molar-refractivity contribution >= 4 is 21.6 Å². The van der Waals surface area contributed by atoms with Crippen molar-refractivity contribution in [3.8, 4) is 11.5 Å². The summed E-state index contributed by atoms with van der Waals surface area (Å²) in [6.07, 6.45) is 0. The van der Waals surface area contributed by atoms with Crippen molar-refractivity contribution in [3.63, 3.8) is 0 Å². The van der Waals surface area contributed by atoms with E-state index in [-0.39, 0.29) is 23.5 Å². The van der Waals surface area contributed by atoms with E-state index in [4.69, 9.17) is 9.47 Å². The minimum absolute atomic E-state index is 0.167. The molecule has 1 atom stereocenters. The lowest BCUT2D eigenvalue weighted by atomic mass is 10.2. The molecule has 0 fully saturated rings. The van der Waals surface area contributed by atoms with E-state index < -0.39 is 10.0 Å². The second-order valence-corrected chi connectivity index (χ2v) is 8.51. The Kier molecular flexibility index (Phi) is 7.15. The molecule has 0 aliphatic rings. The zero-order chi connectivity index (χ0) is 22.3. The molecule has 0 heterocycles. The van der Waals surface area contributed by atoms with Crippen LogP contribution in [0.4, 0.5) is 5.69 Å². The fourth-order valence-electron chi connectivity index (χ4n) is 2.80. The summed E-state index contributed by atoms with van der Waals surface area (Å²) in [7, 11) is -2.12. The quantitative estimate of drug-likeness (QED) is 0.529. The van der Waals surface area contributed by atoms with Crippen molar-refractivity contribution < 1.29 is 22.7 Å². The van der Waals surface area contributed by atoms with Crippen LogP contribution >= 0.6 is 0 Å². The lowest BCUT2D eigenvalue weighted by molar-refractivity contribution is 0.0926. The molecule has 0 aliphatic heterocycles. The number of amides is 1. The average molecular weight is 441 g/mol. The van der Waals surface area contributed by atoms with Crippen LogP contribution in [0.1, 0.15) is 17.3 Å². The summed E-state index contributed by atoms with van der Waals surface area (Å²) in [6, 6.07) is 21.3. The molecule has 3 aromatic carbocycles. The second kappa shape index (κ2) is 9.99. The summed E-state index contributed by atoms with van der Waals surface area (Å²) in [6.45, 7) is 2.09. The number of carbonyl (C=O) groups is 1. The van der Waals surface area contributed by atoms with Crippen LogP contribution in [-0.2, 0) is 10.0 Å². The van der Waals surface area contributed by atoms with Crippen LogP contribution in [-0.4, -0.2) is 34.1 Å². The van der Waals surface area contributed by atoms with Crippen molar-refractivity contribution in [1.82, 2.24) is 5.32 Å². The van der Waals surface area contributed by atoms with Crippen molar-refractivity contribution in [1.29, 1.82) is 0 Å². The molecule has 8 heteroatoms. The molecule has 3 rings (SSSR count). The molecule has 31 heavy (non-hydrogen) atoms. The Bertz CT molecular complexity index is 1120. The Labute approximate surface area is 182 Å². The summed E-state index contributed by atoms with van der Waals surface area (Å²) in [5.74, 6) is 0.935. The van der Waals surface area contributed by atoms with Gasteiger partial charge in [-0.2, -0.15) is 0 Å². The Morgan fingerprint density at radius 2 is 1.52 bits per heavy atom. The number of rotatable bonds is 9. The van der Waals surface area contributed by atoms with Gasteiger partial charge in [-0.1, -0.05) is 30.3 Å². The van der Waals surface area contributed by atoms with Crippen molar-refractivity contribution in [2.75, 3.05) is 18.4 Å². The first-order valence-corrected chi connectivity index (χ1v) is 11.1. The summed E-state index contributed by atoms with van der Waals surface area (Å²) in [5.41, 5.74) is 0.778. The number of hydrogen-bond donors (Lipinski definition) is 2. The fraction of sp³-hybridized carbons (Fsp3) is 0.174. The third-order valence-corrected chi connectivity index (χ3v) is 5.79. The molecule has 0 spiro atoms. The Morgan fingerprint density at radius 3 is 2.16 bits per heavy atom. The van der Waals surface area contributed by atoms with Gasteiger partial charge in [-0.05, 0) is 55.5 Å². The van der Waals surface area contributed by atoms with E-state index in [0.29, 0.717) is 22.7 Å². The van der Waals surface area contributed by atoms with Gasteiger partial charge in [-0.3, -0.25) is 9.52 Å². The van der Waals surface area contributed by atoms with Crippen molar-refractivity contribution in [2.45, 2.75) is 17.9 Å². The van der Waals surface area contributed by atoms with Gasteiger partial charge in [0.25, 0.3) is 15.9 Å². The largest absolute Gasteiger partial charge is 0.493 e. The van der Waals surface area contributed by atoms with Crippen LogP contribution in [0, 0.1) is 0 Å². The third-order valence-electron chi connectivity index (χ3n) is 4.39. The Morgan fingerprint density at radius 1 is 0.903 bits per heavy atom. The summed E-state index contributed by atoms with van der Waals surface area (Å²) < 4.78 is 38.2. The van der Waals surface area contributed by atoms with Crippen LogP contribution in [0.5, 0.6) is 11.5 Å². The van der Waals surface area contributed by atoms with Crippen molar-refractivity contribution in [2.24, 2.45) is 0 Å². The predicted octanol–water partition coefficient (Wildman–Crippen LogP) is 3.69. The molecule has 1 amide bonds. The molecule has 162 valence electrons. The van der Waals surface area contributed by atoms with E-state index in [1.165, 1.54) is 12.1 Å². The van der Waals surface area contributed by atoms with Gasteiger partial charge in [-0.15, -0.1) is 0 Å². The van der Waals surface area contributed by atoms with Crippen LogP contribution in [0.2, 0.25) is 0 Å². The Hall–Kier alpha value is -3.52. The average Bonchev–Trinajstić information content (AvgIpc) is 2.78. The molecule has 0 aromatic heterocycles. The van der Waals surface area contributed by atoms with E-state index in [9.17, 15) is 13.2 Å². The second-order valence-electron chi connectivity index (χ2n) is 6.83. The SMILES string of the molecule is COc1ccccc1OC[C@H](C)NC(=O)c1ccc(NS(=O)(=O)c2ccccc2)cc1. The summed E-state index contributed by atoms with van der Waals surface area (Å²) in [4.78, 5) is 12.6. The standard InChI is InChI=1S/C23H24N2O5S/c1-17(16-30-22-11-7-6-10-21(22)29-2)24-23(26)18-12-14-19(15-13-18)25-31(27,28)20-8-4-3-5-9-20/h3-15,17,25H,16H2,1-2H3,(H,24,26)/t17-/m0/s1. The highest BCUT2D eigenvalue weighted by Gasteiger charge is 2.15. The number of methoxy groups -OCH3 is 1. The summed E-state index contributed by atoms with van der Waals surface area (Å²) in [5, 5.41) is 2.85. The first-order chi connectivity index (χ1) is 14.9. The van der Waals surface area contributed by atoms with E-state index in [0.717, 1.165) is 0 Å². The maximum atomic E-state index is 12.5.